The summed E-state index contributed by atoms with van der Waals surface area (Å²) in [5.74, 6) is 2.48. The standard InChI is InChI=1S/C21H22N4O4/c1-27-15-9-12(10-16(28-2)19(15)29-3)14-11-17(26)23-21-18(14)20(24-25-21)22-13-7-5-4-6-8-13/h4-10,14H,11H2,1-3H3,(H3,22,23,24,25,26)/t14-/m0/s1. The first-order chi connectivity index (χ1) is 14.1. The molecule has 3 aromatic rings. The van der Waals surface area contributed by atoms with Crippen LogP contribution >= 0.6 is 0 Å². The Labute approximate surface area is 168 Å². The van der Waals surface area contributed by atoms with Crippen molar-refractivity contribution in [2.24, 2.45) is 0 Å². The molecule has 0 saturated heterocycles. The summed E-state index contributed by atoms with van der Waals surface area (Å²) in [5.41, 5.74) is 2.66. The van der Waals surface area contributed by atoms with Gasteiger partial charge in [0.05, 0.1) is 21.3 Å². The summed E-state index contributed by atoms with van der Waals surface area (Å²) in [4.78, 5) is 12.3. The number of carbonyl (C=O) groups is 1. The number of anilines is 3. The molecule has 0 saturated carbocycles. The van der Waals surface area contributed by atoms with Crippen molar-refractivity contribution in [3.05, 3.63) is 53.6 Å². The molecule has 2 aromatic carbocycles. The first-order valence-electron chi connectivity index (χ1n) is 9.14. The zero-order chi connectivity index (χ0) is 20.4. The van der Waals surface area contributed by atoms with Crippen LogP contribution in [0.3, 0.4) is 0 Å². The monoisotopic (exact) mass is 394 g/mol. The van der Waals surface area contributed by atoms with Gasteiger partial charge in [0.1, 0.15) is 5.82 Å². The number of aromatic nitrogens is 2. The normalized spacial score (nSPS) is 15.3. The summed E-state index contributed by atoms with van der Waals surface area (Å²) in [6.45, 7) is 0. The van der Waals surface area contributed by atoms with Gasteiger partial charge >= 0.3 is 0 Å². The van der Waals surface area contributed by atoms with Crippen LogP contribution < -0.4 is 24.8 Å². The Kier molecular flexibility index (Phi) is 4.99. The van der Waals surface area contributed by atoms with E-state index in [1.54, 1.807) is 21.3 Å². The Morgan fingerprint density at radius 3 is 2.34 bits per heavy atom. The average Bonchev–Trinajstić information content (AvgIpc) is 3.14. The Hall–Kier alpha value is -3.68. The minimum atomic E-state index is -0.239. The molecule has 1 aliphatic rings. The quantitative estimate of drug-likeness (QED) is 0.590. The lowest BCUT2D eigenvalue weighted by molar-refractivity contribution is -0.116. The van der Waals surface area contributed by atoms with E-state index in [2.05, 4.69) is 20.8 Å². The van der Waals surface area contributed by atoms with Crippen molar-refractivity contribution in [3.8, 4) is 17.2 Å². The molecule has 0 aliphatic carbocycles. The van der Waals surface area contributed by atoms with E-state index in [0.717, 1.165) is 22.6 Å². The minimum absolute atomic E-state index is 0.103. The van der Waals surface area contributed by atoms with Crippen molar-refractivity contribution in [1.82, 2.24) is 10.2 Å². The SMILES string of the molecule is COc1cc([C@@H]2CC(=O)Nc3n[nH]c(Nc4ccccc4)c32)cc(OC)c1OC. The first kappa shape index (κ1) is 18.7. The van der Waals surface area contributed by atoms with E-state index >= 15 is 0 Å². The van der Waals surface area contributed by atoms with E-state index in [0.29, 0.717) is 23.1 Å². The van der Waals surface area contributed by atoms with Crippen LogP contribution in [0.1, 0.15) is 23.5 Å². The Morgan fingerprint density at radius 2 is 1.72 bits per heavy atom. The summed E-state index contributed by atoms with van der Waals surface area (Å²) >= 11 is 0. The van der Waals surface area contributed by atoms with E-state index < -0.39 is 0 Å². The van der Waals surface area contributed by atoms with E-state index in [4.69, 9.17) is 14.2 Å². The van der Waals surface area contributed by atoms with Crippen LogP contribution in [0, 0.1) is 0 Å². The van der Waals surface area contributed by atoms with E-state index in [1.165, 1.54) is 0 Å². The highest BCUT2D eigenvalue weighted by molar-refractivity contribution is 5.95. The van der Waals surface area contributed by atoms with E-state index in [9.17, 15) is 4.79 Å². The van der Waals surface area contributed by atoms with Gasteiger partial charge in [-0.25, -0.2) is 0 Å². The number of hydrogen-bond donors (Lipinski definition) is 3. The number of fused-ring (bicyclic) bond motifs is 1. The van der Waals surface area contributed by atoms with Crippen molar-refractivity contribution in [1.29, 1.82) is 0 Å². The molecule has 0 unspecified atom stereocenters. The van der Waals surface area contributed by atoms with Gasteiger partial charge in [0.2, 0.25) is 11.7 Å². The van der Waals surface area contributed by atoms with Crippen molar-refractivity contribution < 1.29 is 19.0 Å². The van der Waals surface area contributed by atoms with Gasteiger partial charge in [0, 0.05) is 23.6 Å². The molecule has 3 N–H and O–H groups in total. The van der Waals surface area contributed by atoms with Crippen molar-refractivity contribution >= 4 is 23.2 Å². The second kappa shape index (κ2) is 7.75. The number of methoxy groups -OCH3 is 3. The predicted molar refractivity (Wildman–Crippen MR) is 110 cm³/mol. The highest BCUT2D eigenvalue weighted by Crippen LogP contribution is 2.46. The van der Waals surface area contributed by atoms with Crippen LogP contribution in [0.25, 0.3) is 0 Å². The summed E-state index contributed by atoms with van der Waals surface area (Å²) in [6.07, 6.45) is 0.272. The Bertz CT molecular complexity index is 1010. The third kappa shape index (κ3) is 3.44. The van der Waals surface area contributed by atoms with Crippen molar-refractivity contribution in [2.75, 3.05) is 32.0 Å². The van der Waals surface area contributed by atoms with Crippen LogP contribution in [-0.2, 0) is 4.79 Å². The van der Waals surface area contributed by atoms with Crippen LogP contribution in [0.4, 0.5) is 17.3 Å². The number of carbonyl (C=O) groups excluding carboxylic acids is 1. The van der Waals surface area contributed by atoms with Crippen LogP contribution in [-0.4, -0.2) is 37.4 Å². The Balaban J connectivity index is 1.80. The van der Waals surface area contributed by atoms with Gasteiger partial charge in [0.25, 0.3) is 0 Å². The van der Waals surface area contributed by atoms with Gasteiger partial charge in [-0.3, -0.25) is 9.89 Å². The van der Waals surface area contributed by atoms with Crippen LogP contribution in [0.5, 0.6) is 17.2 Å². The molecular formula is C21H22N4O4. The third-order valence-corrected chi connectivity index (χ3v) is 4.93. The fourth-order valence-electron chi connectivity index (χ4n) is 3.60. The Morgan fingerprint density at radius 1 is 1.03 bits per heavy atom. The van der Waals surface area contributed by atoms with Gasteiger partial charge < -0.3 is 24.8 Å². The fourth-order valence-corrected chi connectivity index (χ4v) is 3.60. The maximum Gasteiger partial charge on any atom is 0.226 e. The van der Waals surface area contributed by atoms with Crippen LogP contribution in [0.15, 0.2) is 42.5 Å². The molecule has 8 heteroatoms. The van der Waals surface area contributed by atoms with Crippen LogP contribution in [0.2, 0.25) is 0 Å². The van der Waals surface area contributed by atoms with Gasteiger partial charge in [0.15, 0.2) is 17.3 Å². The molecule has 0 bridgehead atoms. The van der Waals surface area contributed by atoms with Crippen molar-refractivity contribution in [2.45, 2.75) is 12.3 Å². The molecular weight excluding hydrogens is 372 g/mol. The van der Waals surface area contributed by atoms with Gasteiger partial charge in [-0.15, -0.1) is 0 Å². The molecule has 2 heterocycles. The van der Waals surface area contributed by atoms with Gasteiger partial charge in [-0.2, -0.15) is 5.10 Å². The summed E-state index contributed by atoms with van der Waals surface area (Å²) in [7, 11) is 4.70. The number of benzene rings is 2. The number of nitrogens with zero attached hydrogens (tertiary/aromatic N) is 1. The number of H-pyrrole nitrogens is 1. The summed E-state index contributed by atoms with van der Waals surface area (Å²) in [6, 6.07) is 13.5. The topological polar surface area (TPSA) is 97.5 Å². The van der Waals surface area contributed by atoms with Crippen molar-refractivity contribution in [3.63, 3.8) is 0 Å². The minimum Gasteiger partial charge on any atom is -0.493 e. The molecule has 150 valence electrons. The molecule has 8 nitrogen and oxygen atoms in total. The summed E-state index contributed by atoms with van der Waals surface area (Å²) in [5, 5.41) is 13.5. The smallest absolute Gasteiger partial charge is 0.226 e. The molecule has 0 fully saturated rings. The molecule has 29 heavy (non-hydrogen) atoms. The fraction of sp³-hybridized carbons (Fsp3) is 0.238. The number of hydrogen-bond acceptors (Lipinski definition) is 6. The third-order valence-electron chi connectivity index (χ3n) is 4.93. The molecule has 0 radical (unpaired) electrons. The number of nitrogens with one attached hydrogen (secondary N) is 3. The molecule has 1 aromatic heterocycles. The van der Waals surface area contributed by atoms with Gasteiger partial charge in [-0.05, 0) is 29.8 Å². The number of ether oxygens (including phenoxy) is 3. The number of para-hydroxylation sites is 1. The second-order valence-electron chi connectivity index (χ2n) is 6.62. The molecule has 0 spiro atoms. The highest BCUT2D eigenvalue weighted by Gasteiger charge is 2.33. The average molecular weight is 394 g/mol. The molecule has 1 atom stereocenters. The molecule has 1 amide bonds. The zero-order valence-electron chi connectivity index (χ0n) is 16.4. The highest BCUT2D eigenvalue weighted by atomic mass is 16.5. The predicted octanol–water partition coefficient (Wildman–Crippen LogP) is 3.65. The number of aromatic amines is 1. The number of rotatable bonds is 6. The van der Waals surface area contributed by atoms with E-state index in [-0.39, 0.29) is 18.2 Å². The summed E-state index contributed by atoms with van der Waals surface area (Å²) < 4.78 is 16.4. The lowest BCUT2D eigenvalue weighted by Gasteiger charge is -2.25. The van der Waals surface area contributed by atoms with E-state index in [1.807, 2.05) is 42.5 Å². The zero-order valence-corrected chi connectivity index (χ0v) is 16.4. The maximum absolute atomic E-state index is 12.3. The lowest BCUT2D eigenvalue weighted by atomic mass is 9.86. The largest absolute Gasteiger partial charge is 0.493 e. The number of amides is 1. The second-order valence-corrected chi connectivity index (χ2v) is 6.62. The first-order valence-corrected chi connectivity index (χ1v) is 9.14. The maximum atomic E-state index is 12.3. The van der Waals surface area contributed by atoms with Gasteiger partial charge in [-0.1, -0.05) is 18.2 Å². The molecule has 1 aliphatic heterocycles. The lowest BCUT2D eigenvalue weighted by Crippen LogP contribution is -2.23. The molecule has 4 rings (SSSR count).